The van der Waals surface area contributed by atoms with Gasteiger partial charge < -0.3 is 19.5 Å². The van der Waals surface area contributed by atoms with Crippen LogP contribution >= 0.6 is 0 Å². The highest BCUT2D eigenvalue weighted by Gasteiger charge is 2.27. The lowest BCUT2D eigenvalue weighted by atomic mass is 10.1. The number of carbonyl (C=O) groups is 1. The number of para-hydroxylation sites is 1. The highest BCUT2D eigenvalue weighted by Crippen LogP contribution is 2.27. The minimum Gasteiger partial charge on any atom is -0.507 e. The largest absolute Gasteiger partial charge is 0.507 e. The van der Waals surface area contributed by atoms with Gasteiger partial charge in [0, 0.05) is 44.9 Å². The lowest BCUT2D eigenvalue weighted by Gasteiger charge is -2.31. The van der Waals surface area contributed by atoms with Gasteiger partial charge in [-0.05, 0) is 24.6 Å². The fourth-order valence-corrected chi connectivity index (χ4v) is 3.69. The van der Waals surface area contributed by atoms with Gasteiger partial charge in [-0.2, -0.15) is 5.10 Å². The summed E-state index contributed by atoms with van der Waals surface area (Å²) in [6.45, 7) is 5.97. The molecule has 0 saturated carbocycles. The molecule has 2 fully saturated rings. The van der Waals surface area contributed by atoms with Crippen LogP contribution in [0.1, 0.15) is 16.9 Å². The van der Waals surface area contributed by atoms with Crippen molar-refractivity contribution in [2.45, 2.75) is 12.5 Å². The van der Waals surface area contributed by atoms with Crippen LogP contribution in [0.4, 0.5) is 0 Å². The van der Waals surface area contributed by atoms with Gasteiger partial charge in [-0.1, -0.05) is 12.1 Å². The van der Waals surface area contributed by atoms with Crippen LogP contribution in [-0.2, 0) is 9.47 Å². The van der Waals surface area contributed by atoms with Gasteiger partial charge >= 0.3 is 0 Å². The number of hydrogen-bond acceptors (Lipinski definition) is 6. The number of amides is 1. The third kappa shape index (κ3) is 4.35. The minimum atomic E-state index is -0.0911. The average molecular weight is 386 g/mol. The zero-order valence-electron chi connectivity index (χ0n) is 15.8. The number of hydrogen-bond donors (Lipinski definition) is 2. The number of H-pyrrole nitrogens is 1. The molecule has 1 aromatic heterocycles. The lowest BCUT2D eigenvalue weighted by Crippen LogP contribution is -2.45. The molecule has 1 aromatic carbocycles. The zero-order chi connectivity index (χ0) is 19.3. The molecule has 28 heavy (non-hydrogen) atoms. The Morgan fingerprint density at radius 1 is 1.21 bits per heavy atom. The van der Waals surface area contributed by atoms with E-state index in [0.29, 0.717) is 36.6 Å². The molecule has 0 radical (unpaired) electrons. The highest BCUT2D eigenvalue weighted by molar-refractivity contribution is 5.93. The number of aromatic hydroxyl groups is 1. The average Bonchev–Trinajstić information content (AvgIpc) is 3.09. The van der Waals surface area contributed by atoms with Crippen LogP contribution in [0.15, 0.2) is 30.3 Å². The summed E-state index contributed by atoms with van der Waals surface area (Å²) in [6, 6.07) is 8.66. The molecule has 0 spiro atoms. The minimum absolute atomic E-state index is 0.00916. The Labute approximate surface area is 164 Å². The summed E-state index contributed by atoms with van der Waals surface area (Å²) in [5.41, 5.74) is 1.57. The molecule has 2 aliphatic heterocycles. The fraction of sp³-hybridized carbons (Fsp3) is 0.500. The molecule has 8 heteroatoms. The van der Waals surface area contributed by atoms with E-state index in [9.17, 15) is 9.90 Å². The number of rotatable bonds is 4. The van der Waals surface area contributed by atoms with Crippen molar-refractivity contribution in [3.63, 3.8) is 0 Å². The first-order valence-electron chi connectivity index (χ1n) is 9.75. The standard InChI is InChI=1S/C20H26N4O4/c25-19-5-2-1-4-16(19)17-12-18(22-21-17)20(26)24-6-3-9-28-15(14-24)13-23-7-10-27-11-8-23/h1-2,4-5,12,15,25H,3,6-11,13-14H2,(H,21,22). The van der Waals surface area contributed by atoms with Crippen LogP contribution in [0.25, 0.3) is 11.3 Å². The molecule has 2 N–H and O–H groups in total. The van der Waals surface area contributed by atoms with Gasteiger partial charge in [0.2, 0.25) is 0 Å². The van der Waals surface area contributed by atoms with E-state index in [0.717, 1.165) is 39.3 Å². The number of phenols is 1. The van der Waals surface area contributed by atoms with Crippen molar-refractivity contribution in [2.24, 2.45) is 0 Å². The molecule has 1 unspecified atom stereocenters. The second-order valence-electron chi connectivity index (χ2n) is 7.19. The van der Waals surface area contributed by atoms with Gasteiger partial charge in [-0.3, -0.25) is 14.8 Å². The molecule has 4 rings (SSSR count). The van der Waals surface area contributed by atoms with Gasteiger partial charge in [0.05, 0.1) is 25.0 Å². The summed E-state index contributed by atoms with van der Waals surface area (Å²) in [5.74, 6) is 0.0494. The van der Waals surface area contributed by atoms with E-state index in [1.54, 1.807) is 24.3 Å². The van der Waals surface area contributed by atoms with Crippen molar-refractivity contribution in [3.8, 4) is 17.0 Å². The van der Waals surface area contributed by atoms with Crippen molar-refractivity contribution in [2.75, 3.05) is 52.5 Å². The molecule has 0 bridgehead atoms. The van der Waals surface area contributed by atoms with Crippen LogP contribution in [0.3, 0.4) is 0 Å². The Hall–Kier alpha value is -2.42. The Kier molecular flexibility index (Phi) is 5.90. The third-order valence-electron chi connectivity index (χ3n) is 5.19. The summed E-state index contributed by atoms with van der Waals surface area (Å²) in [6.07, 6.45) is 0.802. The monoisotopic (exact) mass is 386 g/mol. The maximum Gasteiger partial charge on any atom is 0.271 e. The Balaban J connectivity index is 1.44. The van der Waals surface area contributed by atoms with E-state index >= 15 is 0 Å². The molecular formula is C20H26N4O4. The van der Waals surface area contributed by atoms with Crippen LogP contribution in [0.5, 0.6) is 5.75 Å². The molecule has 1 amide bonds. The Bertz CT molecular complexity index is 803. The normalized spacial score (nSPS) is 21.4. The topological polar surface area (TPSA) is 90.9 Å². The summed E-state index contributed by atoms with van der Waals surface area (Å²) < 4.78 is 11.4. The van der Waals surface area contributed by atoms with E-state index < -0.39 is 0 Å². The van der Waals surface area contributed by atoms with Gasteiger partial charge in [0.25, 0.3) is 5.91 Å². The predicted molar refractivity (Wildman–Crippen MR) is 103 cm³/mol. The van der Waals surface area contributed by atoms with Crippen molar-refractivity contribution in [1.29, 1.82) is 0 Å². The molecule has 0 aliphatic carbocycles. The van der Waals surface area contributed by atoms with Gasteiger partial charge in [0.1, 0.15) is 11.4 Å². The number of phenolic OH excluding ortho intramolecular Hbond substituents is 1. The Morgan fingerprint density at radius 3 is 2.86 bits per heavy atom. The number of benzene rings is 1. The number of morpholine rings is 1. The SMILES string of the molecule is O=C(c1cc(-c2ccccc2O)n[nH]1)N1CCCOC(CN2CCOCC2)C1. The number of carbonyl (C=O) groups excluding carboxylic acids is 1. The predicted octanol–water partition coefficient (Wildman–Crippen LogP) is 1.35. The quantitative estimate of drug-likeness (QED) is 0.824. The molecule has 2 aliphatic rings. The molecule has 150 valence electrons. The van der Waals surface area contributed by atoms with Crippen molar-refractivity contribution in [1.82, 2.24) is 20.0 Å². The van der Waals surface area contributed by atoms with Crippen molar-refractivity contribution >= 4 is 5.91 Å². The first-order chi connectivity index (χ1) is 13.7. The maximum absolute atomic E-state index is 13.0. The smallest absolute Gasteiger partial charge is 0.271 e. The number of ether oxygens (including phenoxy) is 2. The molecule has 8 nitrogen and oxygen atoms in total. The summed E-state index contributed by atoms with van der Waals surface area (Å²) in [5, 5.41) is 17.0. The number of nitrogens with one attached hydrogen (secondary N) is 1. The molecule has 2 saturated heterocycles. The first kappa shape index (κ1) is 18.9. The van der Waals surface area contributed by atoms with E-state index in [2.05, 4.69) is 15.1 Å². The van der Waals surface area contributed by atoms with Gasteiger partial charge in [0.15, 0.2) is 0 Å². The summed E-state index contributed by atoms with van der Waals surface area (Å²) in [4.78, 5) is 17.2. The fourth-order valence-electron chi connectivity index (χ4n) is 3.69. The second kappa shape index (κ2) is 8.72. The number of aromatic amines is 1. The number of nitrogens with zero attached hydrogens (tertiary/aromatic N) is 3. The Morgan fingerprint density at radius 2 is 2.04 bits per heavy atom. The van der Waals surface area contributed by atoms with Gasteiger partial charge in [-0.25, -0.2) is 0 Å². The molecule has 2 aromatic rings. The van der Waals surface area contributed by atoms with Crippen LogP contribution in [0, 0.1) is 0 Å². The van der Waals surface area contributed by atoms with E-state index in [1.165, 1.54) is 0 Å². The molecule has 1 atom stereocenters. The molecule has 3 heterocycles. The summed E-state index contributed by atoms with van der Waals surface area (Å²) in [7, 11) is 0. The van der Waals surface area contributed by atoms with Crippen LogP contribution < -0.4 is 0 Å². The van der Waals surface area contributed by atoms with E-state index in [-0.39, 0.29) is 17.8 Å². The van der Waals surface area contributed by atoms with Gasteiger partial charge in [-0.15, -0.1) is 0 Å². The van der Waals surface area contributed by atoms with Crippen molar-refractivity contribution < 1.29 is 19.4 Å². The zero-order valence-corrected chi connectivity index (χ0v) is 15.8. The van der Waals surface area contributed by atoms with Crippen LogP contribution in [-0.4, -0.2) is 89.7 Å². The van der Waals surface area contributed by atoms with Crippen molar-refractivity contribution in [3.05, 3.63) is 36.0 Å². The third-order valence-corrected chi connectivity index (χ3v) is 5.19. The number of aromatic nitrogens is 2. The second-order valence-corrected chi connectivity index (χ2v) is 7.19. The molecular weight excluding hydrogens is 360 g/mol. The maximum atomic E-state index is 13.0. The van der Waals surface area contributed by atoms with Crippen LogP contribution in [0.2, 0.25) is 0 Å². The van der Waals surface area contributed by atoms with E-state index in [1.807, 2.05) is 11.0 Å². The van der Waals surface area contributed by atoms with E-state index in [4.69, 9.17) is 9.47 Å². The first-order valence-corrected chi connectivity index (χ1v) is 9.75. The summed E-state index contributed by atoms with van der Waals surface area (Å²) >= 11 is 0. The lowest BCUT2D eigenvalue weighted by molar-refractivity contribution is -0.0112. The highest BCUT2D eigenvalue weighted by atomic mass is 16.5.